The average molecular weight is 557 g/mol. The summed E-state index contributed by atoms with van der Waals surface area (Å²) in [6, 6.07) is 9.65. The molecule has 0 aromatic heterocycles. The lowest BCUT2D eigenvalue weighted by atomic mass is 9.80. The molecule has 0 spiro atoms. The maximum absolute atomic E-state index is 14.9. The number of halogens is 2. The summed E-state index contributed by atoms with van der Waals surface area (Å²) in [6.45, 7) is 4.80. The predicted molar refractivity (Wildman–Crippen MR) is 160 cm³/mol. The quantitative estimate of drug-likeness (QED) is 0.104. The van der Waals surface area contributed by atoms with Gasteiger partial charge in [0.05, 0.1) is 12.5 Å². The Morgan fingerprint density at radius 3 is 1.98 bits per heavy atom. The van der Waals surface area contributed by atoms with Crippen LogP contribution in [0.5, 0.6) is 11.5 Å². The Morgan fingerprint density at radius 1 is 0.725 bits per heavy atom. The van der Waals surface area contributed by atoms with Gasteiger partial charge >= 0.3 is 5.97 Å². The van der Waals surface area contributed by atoms with Gasteiger partial charge in [-0.25, -0.2) is 4.39 Å². The SMILES string of the molecule is CCCCCCCCOc1ccc(-c2ccc(OC(=O)C3CCC(CCCCCCCC)CC3)cc2)c(F)c1F. The third-order valence-corrected chi connectivity index (χ3v) is 8.33. The van der Waals surface area contributed by atoms with E-state index in [0.29, 0.717) is 17.9 Å². The van der Waals surface area contributed by atoms with Gasteiger partial charge in [-0.3, -0.25) is 4.79 Å². The molecule has 1 saturated carbocycles. The first kappa shape index (κ1) is 32.1. The van der Waals surface area contributed by atoms with Crippen molar-refractivity contribution in [3.05, 3.63) is 48.0 Å². The van der Waals surface area contributed by atoms with Crippen molar-refractivity contribution in [2.24, 2.45) is 11.8 Å². The molecule has 1 fully saturated rings. The second-order valence-corrected chi connectivity index (χ2v) is 11.6. The van der Waals surface area contributed by atoms with Crippen molar-refractivity contribution >= 4 is 5.97 Å². The van der Waals surface area contributed by atoms with Crippen LogP contribution in [0.2, 0.25) is 0 Å². The minimum Gasteiger partial charge on any atom is -0.490 e. The Morgan fingerprint density at radius 2 is 1.32 bits per heavy atom. The van der Waals surface area contributed by atoms with Gasteiger partial charge in [0.2, 0.25) is 5.82 Å². The van der Waals surface area contributed by atoms with Crippen molar-refractivity contribution < 1.29 is 23.0 Å². The zero-order valence-corrected chi connectivity index (χ0v) is 24.8. The molecule has 0 bridgehead atoms. The molecule has 1 aliphatic rings. The van der Waals surface area contributed by atoms with Gasteiger partial charge in [0.1, 0.15) is 5.75 Å². The fourth-order valence-corrected chi connectivity index (χ4v) is 5.73. The van der Waals surface area contributed by atoms with Gasteiger partial charge < -0.3 is 9.47 Å². The lowest BCUT2D eigenvalue weighted by molar-refractivity contribution is -0.140. The van der Waals surface area contributed by atoms with E-state index in [0.717, 1.165) is 50.9 Å². The predicted octanol–water partition coefficient (Wildman–Crippen LogP) is 10.8. The van der Waals surface area contributed by atoms with Crippen LogP contribution in [0.4, 0.5) is 8.78 Å². The first-order chi connectivity index (χ1) is 19.5. The molecular weight excluding hydrogens is 506 g/mol. The number of esters is 1. The average Bonchev–Trinajstić information content (AvgIpc) is 2.97. The zero-order valence-electron chi connectivity index (χ0n) is 24.8. The molecule has 0 unspecified atom stereocenters. The van der Waals surface area contributed by atoms with E-state index in [2.05, 4.69) is 13.8 Å². The Labute approximate surface area is 241 Å². The number of hydrogen-bond acceptors (Lipinski definition) is 3. The fraction of sp³-hybridized carbons (Fsp3) is 0.629. The molecule has 0 saturated heterocycles. The number of carbonyl (C=O) groups is 1. The summed E-state index contributed by atoms with van der Waals surface area (Å²) < 4.78 is 40.7. The molecule has 0 radical (unpaired) electrons. The van der Waals surface area contributed by atoms with Gasteiger partial charge in [-0.15, -0.1) is 0 Å². The molecule has 0 aliphatic heterocycles. The van der Waals surface area contributed by atoms with E-state index in [1.807, 2.05) is 0 Å². The first-order valence-electron chi connectivity index (χ1n) is 16.0. The van der Waals surface area contributed by atoms with Gasteiger partial charge in [-0.1, -0.05) is 103 Å². The molecule has 0 heterocycles. The standard InChI is InChI=1S/C35H50F2O3/c1-3-5-7-9-11-13-15-27-16-18-29(19-17-27)35(38)40-30-22-20-28(21-23-30)31-24-25-32(34(37)33(31)36)39-26-14-12-10-8-6-4-2/h20-25,27,29H,3-19,26H2,1-2H3. The molecule has 5 heteroatoms. The number of hydrogen-bond donors (Lipinski definition) is 0. The van der Waals surface area contributed by atoms with Gasteiger partial charge in [0, 0.05) is 5.56 Å². The molecule has 3 rings (SSSR count). The van der Waals surface area contributed by atoms with Gasteiger partial charge in [-0.05, 0) is 67.9 Å². The number of unbranched alkanes of at least 4 members (excludes halogenated alkanes) is 10. The molecule has 1 aliphatic carbocycles. The first-order valence-corrected chi connectivity index (χ1v) is 16.0. The summed E-state index contributed by atoms with van der Waals surface area (Å²) in [7, 11) is 0. The van der Waals surface area contributed by atoms with E-state index < -0.39 is 11.6 Å². The molecule has 3 nitrogen and oxygen atoms in total. The minimum atomic E-state index is -0.967. The van der Waals surface area contributed by atoms with Crippen LogP contribution in [-0.4, -0.2) is 12.6 Å². The molecular formula is C35H50F2O3. The molecule has 0 atom stereocenters. The van der Waals surface area contributed by atoms with E-state index in [9.17, 15) is 13.6 Å². The Hall–Kier alpha value is -2.43. The Balaban J connectivity index is 1.42. The third-order valence-electron chi connectivity index (χ3n) is 8.33. The van der Waals surface area contributed by atoms with Crippen molar-refractivity contribution in [3.8, 4) is 22.6 Å². The topological polar surface area (TPSA) is 35.5 Å². The van der Waals surface area contributed by atoms with Crippen LogP contribution in [0.25, 0.3) is 11.1 Å². The van der Waals surface area contributed by atoms with Crippen molar-refractivity contribution in [2.75, 3.05) is 6.61 Å². The highest BCUT2D eigenvalue weighted by molar-refractivity contribution is 5.75. The largest absolute Gasteiger partial charge is 0.490 e. The minimum absolute atomic E-state index is 0.0537. The summed E-state index contributed by atoms with van der Waals surface area (Å²) in [5.74, 6) is -1.03. The van der Waals surface area contributed by atoms with E-state index in [1.54, 1.807) is 30.3 Å². The van der Waals surface area contributed by atoms with E-state index >= 15 is 0 Å². The number of rotatable bonds is 18. The van der Waals surface area contributed by atoms with Crippen LogP contribution in [0.1, 0.15) is 123 Å². The van der Waals surface area contributed by atoms with Crippen molar-refractivity contribution in [2.45, 2.75) is 123 Å². The van der Waals surface area contributed by atoms with E-state index in [-0.39, 0.29) is 23.2 Å². The lowest BCUT2D eigenvalue weighted by Gasteiger charge is -2.27. The summed E-state index contributed by atoms with van der Waals surface area (Å²) in [5, 5.41) is 0. The molecule has 2 aromatic rings. The highest BCUT2D eigenvalue weighted by Crippen LogP contribution is 2.34. The molecule has 2 aromatic carbocycles. The third kappa shape index (κ3) is 10.5. The number of benzene rings is 2. The van der Waals surface area contributed by atoms with Crippen molar-refractivity contribution in [1.82, 2.24) is 0 Å². The summed E-state index contributed by atoms with van der Waals surface area (Å²) in [5.41, 5.74) is 0.680. The Bertz CT molecular complexity index is 996. The number of ether oxygens (including phenoxy) is 2. The van der Waals surface area contributed by atoms with Crippen molar-refractivity contribution in [1.29, 1.82) is 0 Å². The highest BCUT2D eigenvalue weighted by Gasteiger charge is 2.27. The van der Waals surface area contributed by atoms with Crippen LogP contribution in [0.3, 0.4) is 0 Å². The van der Waals surface area contributed by atoms with Crippen LogP contribution in [0.15, 0.2) is 36.4 Å². The molecule has 0 N–H and O–H groups in total. The van der Waals surface area contributed by atoms with Crippen molar-refractivity contribution in [3.63, 3.8) is 0 Å². The van der Waals surface area contributed by atoms with Crippen LogP contribution in [0, 0.1) is 23.5 Å². The lowest BCUT2D eigenvalue weighted by Crippen LogP contribution is -2.25. The smallest absolute Gasteiger partial charge is 0.314 e. The van der Waals surface area contributed by atoms with E-state index in [1.165, 1.54) is 70.3 Å². The molecule has 40 heavy (non-hydrogen) atoms. The molecule has 222 valence electrons. The number of carbonyl (C=O) groups excluding carboxylic acids is 1. The van der Waals surface area contributed by atoms with Crippen LogP contribution < -0.4 is 9.47 Å². The van der Waals surface area contributed by atoms with Gasteiger partial charge in [0.15, 0.2) is 11.6 Å². The van der Waals surface area contributed by atoms with Gasteiger partial charge in [-0.2, -0.15) is 4.39 Å². The Kier molecular flexibility index (Phi) is 14.5. The van der Waals surface area contributed by atoms with Gasteiger partial charge in [0.25, 0.3) is 0 Å². The maximum Gasteiger partial charge on any atom is 0.314 e. The monoisotopic (exact) mass is 556 g/mol. The summed E-state index contributed by atoms with van der Waals surface area (Å²) in [6.07, 6.45) is 19.8. The normalized spacial score (nSPS) is 17.1. The molecule has 0 amide bonds. The summed E-state index contributed by atoms with van der Waals surface area (Å²) >= 11 is 0. The fourth-order valence-electron chi connectivity index (χ4n) is 5.73. The van der Waals surface area contributed by atoms with Crippen LogP contribution >= 0.6 is 0 Å². The maximum atomic E-state index is 14.9. The second-order valence-electron chi connectivity index (χ2n) is 11.6. The van der Waals surface area contributed by atoms with Crippen LogP contribution in [-0.2, 0) is 4.79 Å². The second kappa shape index (κ2) is 18.1. The van der Waals surface area contributed by atoms with E-state index in [4.69, 9.17) is 9.47 Å². The zero-order chi connectivity index (χ0) is 28.6. The highest BCUT2D eigenvalue weighted by atomic mass is 19.2. The summed E-state index contributed by atoms with van der Waals surface area (Å²) in [4.78, 5) is 12.8.